The van der Waals surface area contributed by atoms with Crippen molar-refractivity contribution in [2.75, 3.05) is 5.73 Å². The standard InChI is InChI=1S/C17H20N2/c1-16(2)11-8-9-17(16,3)15-13(11)14(18)10-6-4-5-7-12(10)19-15/h4-7,11H,8-9H2,1-3H3,(H2,18,19)/t11-,17+/m1/s1. The van der Waals surface area contributed by atoms with E-state index >= 15 is 0 Å². The number of hydrogen-bond acceptors (Lipinski definition) is 2. The highest BCUT2D eigenvalue weighted by Crippen LogP contribution is 2.68. The van der Waals surface area contributed by atoms with Gasteiger partial charge in [-0.2, -0.15) is 0 Å². The molecule has 2 aromatic rings. The first-order chi connectivity index (χ1) is 8.97. The lowest BCUT2D eigenvalue weighted by Crippen LogP contribution is -2.31. The van der Waals surface area contributed by atoms with E-state index in [2.05, 4.69) is 32.9 Å². The fourth-order valence-electron chi connectivity index (χ4n) is 4.45. The summed E-state index contributed by atoms with van der Waals surface area (Å²) in [5, 5.41) is 1.12. The van der Waals surface area contributed by atoms with Crippen molar-refractivity contribution in [1.29, 1.82) is 0 Å². The number of fused-ring (bicyclic) bond motifs is 6. The summed E-state index contributed by atoms with van der Waals surface area (Å²) in [6.45, 7) is 7.15. The number of nitrogen functional groups attached to an aromatic ring is 1. The molecule has 2 aliphatic rings. The van der Waals surface area contributed by atoms with Gasteiger partial charge < -0.3 is 5.73 Å². The van der Waals surface area contributed by atoms with Crippen molar-refractivity contribution in [2.24, 2.45) is 5.41 Å². The highest BCUT2D eigenvalue weighted by atomic mass is 14.8. The molecule has 98 valence electrons. The van der Waals surface area contributed by atoms with E-state index < -0.39 is 0 Å². The molecule has 2 aliphatic carbocycles. The van der Waals surface area contributed by atoms with E-state index in [4.69, 9.17) is 10.7 Å². The summed E-state index contributed by atoms with van der Waals surface area (Å²) in [5.74, 6) is 0.574. The third-order valence-electron chi connectivity index (χ3n) is 6.07. The second-order valence-corrected chi connectivity index (χ2v) is 6.95. The fourth-order valence-corrected chi connectivity index (χ4v) is 4.45. The third-order valence-corrected chi connectivity index (χ3v) is 6.07. The molecule has 0 amide bonds. The van der Waals surface area contributed by atoms with Crippen LogP contribution in [0, 0.1) is 5.41 Å². The van der Waals surface area contributed by atoms with Gasteiger partial charge in [-0.1, -0.05) is 39.0 Å². The molecule has 1 fully saturated rings. The van der Waals surface area contributed by atoms with Gasteiger partial charge in [-0.3, -0.25) is 4.98 Å². The summed E-state index contributed by atoms with van der Waals surface area (Å²) in [4.78, 5) is 4.99. The predicted molar refractivity (Wildman–Crippen MR) is 79.3 cm³/mol. The molecule has 1 aromatic carbocycles. The molecule has 2 atom stereocenters. The number of pyridine rings is 1. The Hall–Kier alpha value is -1.57. The highest BCUT2D eigenvalue weighted by molar-refractivity contribution is 5.93. The molecule has 2 heteroatoms. The first-order valence-electron chi connectivity index (χ1n) is 7.15. The minimum Gasteiger partial charge on any atom is -0.398 e. The van der Waals surface area contributed by atoms with Crippen molar-refractivity contribution in [2.45, 2.75) is 44.9 Å². The lowest BCUT2D eigenvalue weighted by Gasteiger charge is -2.34. The predicted octanol–water partition coefficient (Wildman–Crippen LogP) is 3.99. The summed E-state index contributed by atoms with van der Waals surface area (Å²) in [5.41, 5.74) is 11.6. The fraction of sp³-hybridized carbons (Fsp3) is 0.471. The Bertz CT molecular complexity index is 702. The van der Waals surface area contributed by atoms with Crippen molar-refractivity contribution in [3.05, 3.63) is 35.5 Å². The van der Waals surface area contributed by atoms with E-state index in [0.717, 1.165) is 16.6 Å². The molecule has 4 rings (SSSR count). The van der Waals surface area contributed by atoms with Crippen LogP contribution in [-0.2, 0) is 5.41 Å². The molecule has 2 nitrogen and oxygen atoms in total. The third kappa shape index (κ3) is 1.07. The molecule has 1 aromatic heterocycles. The maximum Gasteiger partial charge on any atom is 0.0726 e. The summed E-state index contributed by atoms with van der Waals surface area (Å²) in [7, 11) is 0. The molecule has 2 bridgehead atoms. The molecule has 0 aliphatic heterocycles. The highest BCUT2D eigenvalue weighted by Gasteiger charge is 2.61. The number of rotatable bonds is 0. The molecule has 1 heterocycles. The number of benzene rings is 1. The zero-order valence-corrected chi connectivity index (χ0v) is 11.8. The first kappa shape index (κ1) is 11.3. The van der Waals surface area contributed by atoms with Crippen LogP contribution in [0.1, 0.15) is 50.8 Å². The van der Waals surface area contributed by atoms with Crippen LogP contribution in [0.2, 0.25) is 0 Å². The van der Waals surface area contributed by atoms with Crippen LogP contribution in [0.25, 0.3) is 10.9 Å². The van der Waals surface area contributed by atoms with Crippen LogP contribution < -0.4 is 5.73 Å². The number of para-hydroxylation sites is 1. The molecular formula is C17H20N2. The van der Waals surface area contributed by atoms with E-state index in [1.54, 1.807) is 0 Å². The van der Waals surface area contributed by atoms with Gasteiger partial charge in [0.25, 0.3) is 0 Å². The largest absolute Gasteiger partial charge is 0.398 e. The van der Waals surface area contributed by atoms with Gasteiger partial charge in [0.2, 0.25) is 0 Å². The number of nitrogens with zero attached hydrogens (tertiary/aromatic N) is 1. The number of nitrogens with two attached hydrogens (primary N) is 1. The van der Waals surface area contributed by atoms with Gasteiger partial charge in [0, 0.05) is 22.1 Å². The van der Waals surface area contributed by atoms with E-state index in [9.17, 15) is 0 Å². The van der Waals surface area contributed by atoms with Crippen molar-refractivity contribution in [3.63, 3.8) is 0 Å². The average Bonchev–Trinajstić information content (AvgIpc) is 2.71. The molecule has 0 radical (unpaired) electrons. The van der Waals surface area contributed by atoms with Crippen molar-refractivity contribution in [1.82, 2.24) is 4.98 Å². The molecule has 19 heavy (non-hydrogen) atoms. The van der Waals surface area contributed by atoms with Gasteiger partial charge in [0.05, 0.1) is 11.2 Å². The van der Waals surface area contributed by atoms with Crippen LogP contribution >= 0.6 is 0 Å². The Labute approximate surface area is 114 Å². The van der Waals surface area contributed by atoms with Gasteiger partial charge >= 0.3 is 0 Å². The Morgan fingerprint density at radius 3 is 2.74 bits per heavy atom. The summed E-state index contributed by atoms with van der Waals surface area (Å²) in [6, 6.07) is 8.27. The molecule has 0 spiro atoms. The zero-order chi connectivity index (χ0) is 13.4. The summed E-state index contributed by atoms with van der Waals surface area (Å²) >= 11 is 0. The van der Waals surface area contributed by atoms with Gasteiger partial charge in [-0.15, -0.1) is 0 Å². The minimum atomic E-state index is 0.186. The topological polar surface area (TPSA) is 38.9 Å². The smallest absolute Gasteiger partial charge is 0.0726 e. The molecule has 2 N–H and O–H groups in total. The van der Waals surface area contributed by atoms with E-state index in [0.29, 0.717) is 5.92 Å². The lowest BCUT2D eigenvalue weighted by atomic mass is 9.70. The normalized spacial score (nSPS) is 30.8. The number of anilines is 1. The Morgan fingerprint density at radius 2 is 1.95 bits per heavy atom. The van der Waals surface area contributed by atoms with Crippen molar-refractivity contribution in [3.8, 4) is 0 Å². The van der Waals surface area contributed by atoms with Crippen molar-refractivity contribution < 1.29 is 0 Å². The molecule has 1 saturated carbocycles. The maximum atomic E-state index is 6.50. The SMILES string of the molecule is CC1(C)[C@@H]2CC[C@@]1(C)c1nc3ccccc3c(N)c12. The second-order valence-electron chi connectivity index (χ2n) is 6.95. The summed E-state index contributed by atoms with van der Waals surface area (Å²) < 4.78 is 0. The molecule has 0 unspecified atom stereocenters. The van der Waals surface area contributed by atoms with Gasteiger partial charge in [-0.05, 0) is 30.2 Å². The van der Waals surface area contributed by atoms with Gasteiger partial charge in [-0.25, -0.2) is 0 Å². The zero-order valence-electron chi connectivity index (χ0n) is 11.8. The Kier molecular flexibility index (Phi) is 1.85. The number of aromatic nitrogens is 1. The Morgan fingerprint density at radius 1 is 1.21 bits per heavy atom. The van der Waals surface area contributed by atoms with Crippen LogP contribution in [0.5, 0.6) is 0 Å². The van der Waals surface area contributed by atoms with Crippen LogP contribution in [0.3, 0.4) is 0 Å². The van der Waals surface area contributed by atoms with Crippen LogP contribution in [-0.4, -0.2) is 4.98 Å². The maximum absolute atomic E-state index is 6.50. The van der Waals surface area contributed by atoms with E-state index in [1.807, 2.05) is 12.1 Å². The van der Waals surface area contributed by atoms with E-state index in [-0.39, 0.29) is 10.8 Å². The quantitative estimate of drug-likeness (QED) is 0.770. The van der Waals surface area contributed by atoms with Crippen molar-refractivity contribution >= 4 is 16.6 Å². The lowest BCUT2D eigenvalue weighted by molar-refractivity contribution is 0.227. The van der Waals surface area contributed by atoms with Crippen LogP contribution in [0.4, 0.5) is 5.69 Å². The monoisotopic (exact) mass is 252 g/mol. The second kappa shape index (κ2) is 3.12. The Balaban J connectivity index is 2.14. The molecular weight excluding hydrogens is 232 g/mol. The van der Waals surface area contributed by atoms with Gasteiger partial charge in [0.1, 0.15) is 0 Å². The molecule has 0 saturated heterocycles. The first-order valence-corrected chi connectivity index (χ1v) is 7.15. The number of hydrogen-bond donors (Lipinski definition) is 1. The van der Waals surface area contributed by atoms with E-state index in [1.165, 1.54) is 24.1 Å². The summed E-state index contributed by atoms with van der Waals surface area (Å²) in [6.07, 6.45) is 2.49. The minimum absolute atomic E-state index is 0.186. The van der Waals surface area contributed by atoms with Gasteiger partial charge in [0.15, 0.2) is 0 Å². The average molecular weight is 252 g/mol. The van der Waals surface area contributed by atoms with Crippen LogP contribution in [0.15, 0.2) is 24.3 Å².